The van der Waals surface area contributed by atoms with Gasteiger partial charge in [-0.3, -0.25) is 14.3 Å². The van der Waals surface area contributed by atoms with Gasteiger partial charge < -0.3 is 14.9 Å². The highest BCUT2D eigenvalue weighted by Crippen LogP contribution is 2.44. The van der Waals surface area contributed by atoms with Crippen molar-refractivity contribution in [2.45, 2.75) is 29.4 Å². The molecule has 0 bridgehead atoms. The molecule has 7 nitrogen and oxygen atoms in total. The monoisotopic (exact) mass is 294 g/mol. The van der Waals surface area contributed by atoms with Crippen molar-refractivity contribution in [1.82, 2.24) is 9.55 Å². The van der Waals surface area contributed by atoms with Crippen molar-refractivity contribution in [1.29, 1.82) is 0 Å². The fourth-order valence-corrected chi connectivity index (χ4v) is 1.93. The van der Waals surface area contributed by atoms with Gasteiger partial charge in [-0.2, -0.15) is 4.39 Å². The molecular weight excluding hydrogens is 287 g/mol. The minimum absolute atomic E-state index is 0.224. The van der Waals surface area contributed by atoms with Crippen molar-refractivity contribution in [2.75, 3.05) is 0 Å². The average Bonchev–Trinajstić information content (AvgIpc) is 2.55. The highest BCUT2D eigenvalue weighted by atomic mass is 19.2. The normalized spacial score (nSPS) is 33.2. The maximum absolute atomic E-state index is 14.3. The number of aliphatic hydroxyl groups is 2. The number of hydrogen-bond donors (Lipinski definition) is 3. The number of hydrogen-bond acceptors (Lipinski definition) is 5. The number of alkyl halides is 1. The third kappa shape index (κ3) is 2.36. The molecule has 1 fully saturated rings. The largest absolute Gasteiger partial charge is 0.403 e. The van der Waals surface area contributed by atoms with Gasteiger partial charge in [0.1, 0.15) is 29.2 Å². The molecule has 0 saturated carbocycles. The topological polar surface area (TPSA) is 105 Å². The van der Waals surface area contributed by atoms with Crippen LogP contribution in [0.3, 0.4) is 0 Å². The molecule has 12 heteroatoms. The molecule has 106 valence electrons. The number of aliphatic hydroxyl groups excluding tert-OH is 1. The molecule has 0 aliphatic carbocycles. The van der Waals surface area contributed by atoms with Crippen LogP contribution < -0.4 is 11.2 Å². The van der Waals surface area contributed by atoms with Gasteiger partial charge in [0, 0.05) is 11.8 Å². The van der Waals surface area contributed by atoms with E-state index in [1.807, 2.05) is 0 Å². The van der Waals surface area contributed by atoms with Crippen LogP contribution in [0.2, 0.25) is 0 Å². The van der Waals surface area contributed by atoms with Crippen molar-refractivity contribution < 1.29 is 23.7 Å². The molecule has 1 aromatic rings. The first kappa shape index (κ1) is 16.0. The van der Waals surface area contributed by atoms with Gasteiger partial charge in [-0.15, -0.1) is 0 Å². The zero-order valence-electron chi connectivity index (χ0n) is 10.4. The van der Waals surface area contributed by atoms with E-state index in [9.17, 15) is 28.6 Å². The van der Waals surface area contributed by atoms with Crippen LogP contribution in [0.4, 0.5) is 8.78 Å². The number of nitrogens with one attached hydrogen (secondary N) is 1. The summed E-state index contributed by atoms with van der Waals surface area (Å²) in [6.45, 7) is 0. The second kappa shape index (κ2) is 4.55. The Morgan fingerprint density at radius 3 is 2.57 bits per heavy atom. The molecule has 0 amide bonds. The molecule has 1 aromatic heterocycles. The maximum atomic E-state index is 14.3. The molecule has 2 rings (SSSR count). The van der Waals surface area contributed by atoms with Gasteiger partial charge in [0.15, 0.2) is 0 Å². The van der Waals surface area contributed by atoms with Crippen molar-refractivity contribution in [3.8, 4) is 0 Å². The highest BCUT2D eigenvalue weighted by molar-refractivity contribution is 6.39. The Morgan fingerprint density at radius 2 is 2.10 bits per heavy atom. The summed E-state index contributed by atoms with van der Waals surface area (Å²) in [5, 5.41) is 16.1. The van der Waals surface area contributed by atoms with Crippen molar-refractivity contribution in [2.24, 2.45) is 0 Å². The lowest BCUT2D eigenvalue weighted by molar-refractivity contribution is -0.222. The zero-order chi connectivity index (χ0) is 16.2. The summed E-state index contributed by atoms with van der Waals surface area (Å²) in [4.78, 5) is 24.1. The molecular formula is C9H7B3F2N2O5. The molecule has 0 unspecified atom stereocenters. The summed E-state index contributed by atoms with van der Waals surface area (Å²) < 4.78 is 32.4. The maximum Gasteiger partial charge on any atom is 0.330 e. The number of ether oxygens (including phenoxy) is 1. The van der Waals surface area contributed by atoms with Gasteiger partial charge in [0.25, 0.3) is 5.56 Å². The highest BCUT2D eigenvalue weighted by Gasteiger charge is 2.60. The lowest BCUT2D eigenvalue weighted by Gasteiger charge is -2.36. The fourth-order valence-electron chi connectivity index (χ4n) is 1.93. The Hall–Kier alpha value is -1.39. The first-order valence-electron chi connectivity index (χ1n) is 5.59. The predicted molar refractivity (Wildman–Crippen MR) is 67.0 cm³/mol. The second-order valence-electron chi connectivity index (χ2n) is 4.73. The first-order valence-corrected chi connectivity index (χ1v) is 5.59. The van der Waals surface area contributed by atoms with E-state index in [1.165, 1.54) is 0 Å². The van der Waals surface area contributed by atoms with Crippen LogP contribution in [0.25, 0.3) is 0 Å². The summed E-state index contributed by atoms with van der Waals surface area (Å²) in [5.74, 6) is -4.64. The minimum atomic E-state index is -3.22. The van der Waals surface area contributed by atoms with Gasteiger partial charge in [-0.25, -0.2) is 9.18 Å². The van der Waals surface area contributed by atoms with E-state index in [1.54, 1.807) is 4.98 Å². The molecule has 3 atom stereocenters. The van der Waals surface area contributed by atoms with Crippen LogP contribution in [0.15, 0.2) is 15.8 Å². The SMILES string of the molecule is [B]C([B])(O)[C@]1(F)C[C@@H](O)[C@]([B])(n2cc(F)c(=O)[nH]c2=O)O1. The van der Waals surface area contributed by atoms with Gasteiger partial charge in [-0.1, -0.05) is 0 Å². The smallest absolute Gasteiger partial charge is 0.330 e. The van der Waals surface area contributed by atoms with Crippen LogP contribution >= 0.6 is 0 Å². The predicted octanol–water partition coefficient (Wildman–Crippen LogP) is -3.12. The van der Waals surface area contributed by atoms with Crippen LogP contribution in [-0.2, 0) is 10.4 Å². The Balaban J connectivity index is 2.57. The van der Waals surface area contributed by atoms with Crippen LogP contribution in [0.5, 0.6) is 0 Å². The molecule has 0 spiro atoms. The van der Waals surface area contributed by atoms with Crippen molar-refractivity contribution >= 4 is 23.5 Å². The van der Waals surface area contributed by atoms with Crippen molar-refractivity contribution in [3.63, 3.8) is 0 Å². The number of halogens is 2. The number of rotatable bonds is 2. The lowest BCUT2D eigenvalue weighted by atomic mass is 9.60. The molecule has 2 heterocycles. The van der Waals surface area contributed by atoms with E-state index in [4.69, 9.17) is 23.5 Å². The first-order chi connectivity index (χ1) is 9.41. The number of aromatic nitrogens is 2. The van der Waals surface area contributed by atoms with E-state index in [0.29, 0.717) is 6.20 Å². The molecule has 21 heavy (non-hydrogen) atoms. The Labute approximate surface area is 120 Å². The Morgan fingerprint density at radius 1 is 1.52 bits per heavy atom. The van der Waals surface area contributed by atoms with Crippen molar-refractivity contribution in [3.05, 3.63) is 32.9 Å². The van der Waals surface area contributed by atoms with E-state index < -0.39 is 46.5 Å². The zero-order valence-corrected chi connectivity index (χ0v) is 10.4. The Bertz CT molecular complexity index is 689. The molecule has 1 aliphatic heterocycles. The molecule has 1 saturated heterocycles. The number of nitrogens with zero attached hydrogens (tertiary/aromatic N) is 1. The summed E-state index contributed by atoms with van der Waals surface area (Å²) in [5.41, 5.74) is -5.25. The lowest BCUT2D eigenvalue weighted by Crippen LogP contribution is -2.55. The summed E-state index contributed by atoms with van der Waals surface area (Å²) in [6, 6.07) is 0. The van der Waals surface area contributed by atoms with Crippen LogP contribution in [-0.4, -0.2) is 60.7 Å². The summed E-state index contributed by atoms with van der Waals surface area (Å²) >= 11 is 0. The third-order valence-corrected chi connectivity index (χ3v) is 3.13. The van der Waals surface area contributed by atoms with E-state index >= 15 is 0 Å². The van der Waals surface area contributed by atoms with E-state index in [-0.39, 0.29) is 4.57 Å². The average molecular weight is 294 g/mol. The van der Waals surface area contributed by atoms with Crippen LogP contribution in [0, 0.1) is 5.82 Å². The van der Waals surface area contributed by atoms with Crippen LogP contribution in [0.1, 0.15) is 6.42 Å². The summed E-state index contributed by atoms with van der Waals surface area (Å²) in [7, 11) is 15.5. The minimum Gasteiger partial charge on any atom is -0.403 e. The van der Waals surface area contributed by atoms with E-state index in [2.05, 4.69) is 4.74 Å². The number of H-pyrrole nitrogens is 1. The third-order valence-electron chi connectivity index (χ3n) is 3.13. The molecule has 3 N–H and O–H groups in total. The van der Waals surface area contributed by atoms with Gasteiger partial charge in [0.05, 0.1) is 12.3 Å². The molecule has 0 aromatic carbocycles. The number of aromatic amines is 1. The molecule has 1 aliphatic rings. The second-order valence-corrected chi connectivity index (χ2v) is 4.73. The van der Waals surface area contributed by atoms with Gasteiger partial charge >= 0.3 is 5.69 Å². The van der Waals surface area contributed by atoms with Gasteiger partial charge in [0.2, 0.25) is 11.7 Å². The fraction of sp³-hybridized carbons (Fsp3) is 0.556. The van der Waals surface area contributed by atoms with Gasteiger partial charge in [-0.05, 0) is 0 Å². The summed E-state index contributed by atoms with van der Waals surface area (Å²) in [6.07, 6.45) is -2.60. The molecule has 6 radical (unpaired) electrons. The van der Waals surface area contributed by atoms with E-state index in [0.717, 1.165) is 0 Å². The quantitative estimate of drug-likeness (QED) is 0.501. The standard InChI is InChI=1S/C9H7B3F2N2O5/c10-8(16-2-3(13)5(18)15-6(16)19)4(17)1-7(14,21-8)9(11,12)20/h2,4,17,20H,1H2,(H,15,18,19)/t4-,7+,8+/m1/s1. The Kier molecular flexibility index (Phi) is 3.47.